The summed E-state index contributed by atoms with van der Waals surface area (Å²) < 4.78 is 7.52. The van der Waals surface area contributed by atoms with E-state index in [1.54, 1.807) is 12.4 Å². The Morgan fingerprint density at radius 1 is 1.07 bits per heavy atom. The number of nitrogens with zero attached hydrogens (tertiary/aromatic N) is 6. The Kier molecular flexibility index (Phi) is 3.75. The predicted octanol–water partition coefficient (Wildman–Crippen LogP) is 3.85. The van der Waals surface area contributed by atoms with Crippen molar-refractivity contribution in [3.05, 3.63) is 65.5 Å². The first kappa shape index (κ1) is 16.1. The molecule has 5 rings (SSSR count). The molecule has 1 aromatic carbocycles. The minimum Gasteiger partial charge on any atom is -0.339 e. The first-order chi connectivity index (χ1) is 13.2. The van der Waals surface area contributed by atoms with E-state index in [0.717, 1.165) is 29.2 Å². The maximum absolute atomic E-state index is 6.04. The van der Waals surface area contributed by atoms with Gasteiger partial charge in [0.1, 0.15) is 5.82 Å². The van der Waals surface area contributed by atoms with E-state index in [1.807, 2.05) is 48.0 Å². The van der Waals surface area contributed by atoms with Gasteiger partial charge in [0.15, 0.2) is 5.82 Å². The zero-order valence-corrected chi connectivity index (χ0v) is 15.2. The number of halogens is 1. The summed E-state index contributed by atoms with van der Waals surface area (Å²) in [7, 11) is 1.98. The summed E-state index contributed by atoms with van der Waals surface area (Å²) in [5, 5.41) is 13.5. The summed E-state index contributed by atoms with van der Waals surface area (Å²) in [5.41, 5.74) is 1.83. The maximum atomic E-state index is 6.04. The van der Waals surface area contributed by atoms with Crippen LogP contribution in [0.2, 0.25) is 5.02 Å². The van der Waals surface area contributed by atoms with Gasteiger partial charge in [0, 0.05) is 47.4 Å². The van der Waals surface area contributed by atoms with Crippen molar-refractivity contribution in [2.45, 2.75) is 18.3 Å². The van der Waals surface area contributed by atoms with Crippen LogP contribution in [-0.4, -0.2) is 29.9 Å². The molecule has 0 aliphatic heterocycles. The molecule has 0 amide bonds. The van der Waals surface area contributed by atoms with E-state index in [1.165, 1.54) is 0 Å². The first-order valence-electron chi connectivity index (χ1n) is 8.60. The molecule has 3 heterocycles. The molecule has 1 saturated carbocycles. The number of benzene rings is 1. The lowest BCUT2D eigenvalue weighted by Gasteiger charge is -2.02. The molecule has 0 bridgehead atoms. The van der Waals surface area contributed by atoms with Gasteiger partial charge < -0.3 is 9.09 Å². The molecule has 0 spiro atoms. The van der Waals surface area contributed by atoms with Gasteiger partial charge in [0.25, 0.3) is 0 Å². The van der Waals surface area contributed by atoms with Crippen molar-refractivity contribution >= 4 is 11.6 Å². The third-order valence-corrected chi connectivity index (χ3v) is 5.05. The van der Waals surface area contributed by atoms with Crippen molar-refractivity contribution in [3.63, 3.8) is 0 Å². The molecular weight excluding hydrogens is 364 g/mol. The molecule has 8 heteroatoms. The summed E-state index contributed by atoms with van der Waals surface area (Å²) in [6, 6.07) is 11.3. The number of hydrogen-bond acceptors (Lipinski definition) is 6. The summed E-state index contributed by atoms with van der Waals surface area (Å²) >= 11 is 6.04. The molecule has 27 heavy (non-hydrogen) atoms. The highest BCUT2D eigenvalue weighted by Gasteiger charge is 2.47. The van der Waals surface area contributed by atoms with Gasteiger partial charge in [-0.3, -0.25) is 4.98 Å². The van der Waals surface area contributed by atoms with E-state index in [-0.39, 0.29) is 11.8 Å². The van der Waals surface area contributed by atoms with E-state index in [2.05, 4.69) is 25.3 Å². The number of rotatable bonds is 4. The minimum atomic E-state index is 0.165. The molecule has 4 aromatic rings. The molecule has 1 aliphatic rings. The van der Waals surface area contributed by atoms with E-state index < -0.39 is 0 Å². The summed E-state index contributed by atoms with van der Waals surface area (Å²) in [5.74, 6) is 3.32. The highest BCUT2D eigenvalue weighted by atomic mass is 35.5. The monoisotopic (exact) mass is 378 g/mol. The third-order valence-electron chi connectivity index (χ3n) is 4.81. The molecule has 1 fully saturated rings. The number of aromatic nitrogens is 6. The molecule has 1 aliphatic carbocycles. The summed E-state index contributed by atoms with van der Waals surface area (Å²) in [4.78, 5) is 8.60. The van der Waals surface area contributed by atoms with E-state index in [4.69, 9.17) is 16.1 Å². The van der Waals surface area contributed by atoms with Crippen LogP contribution in [0.15, 0.2) is 53.3 Å². The second kappa shape index (κ2) is 6.28. The summed E-state index contributed by atoms with van der Waals surface area (Å²) in [6.45, 7) is 0. The minimum absolute atomic E-state index is 0.165. The SMILES string of the molecule is Cn1c(-c2ccncc2)nnc1C1CC1c1nc(-c2cccc(Cl)c2)no1. The zero-order chi connectivity index (χ0) is 18.4. The maximum Gasteiger partial charge on any atom is 0.230 e. The van der Waals surface area contributed by atoms with Crippen molar-refractivity contribution in [3.8, 4) is 22.8 Å². The number of hydrogen-bond donors (Lipinski definition) is 0. The lowest BCUT2D eigenvalue weighted by atomic mass is 10.2. The van der Waals surface area contributed by atoms with Crippen molar-refractivity contribution < 1.29 is 4.52 Å². The molecule has 2 unspecified atom stereocenters. The van der Waals surface area contributed by atoms with E-state index in [9.17, 15) is 0 Å². The quantitative estimate of drug-likeness (QED) is 0.536. The Balaban J connectivity index is 1.38. The highest BCUT2D eigenvalue weighted by molar-refractivity contribution is 6.30. The molecule has 134 valence electrons. The first-order valence-corrected chi connectivity index (χ1v) is 8.98. The lowest BCUT2D eigenvalue weighted by Crippen LogP contribution is -1.99. The fraction of sp³-hybridized carbons (Fsp3) is 0.211. The Morgan fingerprint density at radius 2 is 1.93 bits per heavy atom. The van der Waals surface area contributed by atoms with Crippen molar-refractivity contribution in [2.24, 2.45) is 7.05 Å². The van der Waals surface area contributed by atoms with Gasteiger partial charge in [0.2, 0.25) is 11.7 Å². The van der Waals surface area contributed by atoms with Crippen LogP contribution < -0.4 is 0 Å². The van der Waals surface area contributed by atoms with Crippen LogP contribution in [0.1, 0.15) is 30.0 Å². The normalized spacial score (nSPS) is 18.6. The Labute approximate surface area is 160 Å². The van der Waals surface area contributed by atoms with Crippen molar-refractivity contribution in [1.29, 1.82) is 0 Å². The average Bonchev–Trinajstić information content (AvgIpc) is 3.14. The van der Waals surface area contributed by atoms with Gasteiger partial charge in [-0.2, -0.15) is 4.98 Å². The second-order valence-electron chi connectivity index (χ2n) is 6.59. The fourth-order valence-corrected chi connectivity index (χ4v) is 3.49. The smallest absolute Gasteiger partial charge is 0.230 e. The lowest BCUT2D eigenvalue weighted by molar-refractivity contribution is 0.378. The van der Waals surface area contributed by atoms with Gasteiger partial charge >= 0.3 is 0 Å². The zero-order valence-electron chi connectivity index (χ0n) is 14.5. The average molecular weight is 379 g/mol. The Hall–Kier alpha value is -3.06. The molecular formula is C19H15ClN6O. The number of pyridine rings is 1. The Morgan fingerprint density at radius 3 is 2.74 bits per heavy atom. The Bertz CT molecular complexity index is 1110. The summed E-state index contributed by atoms with van der Waals surface area (Å²) in [6.07, 6.45) is 4.42. The van der Waals surface area contributed by atoms with Crippen LogP contribution in [0.4, 0.5) is 0 Å². The van der Waals surface area contributed by atoms with Gasteiger partial charge in [-0.1, -0.05) is 28.9 Å². The topological polar surface area (TPSA) is 82.5 Å². The highest BCUT2D eigenvalue weighted by Crippen LogP contribution is 2.53. The predicted molar refractivity (Wildman–Crippen MR) is 99.1 cm³/mol. The van der Waals surface area contributed by atoms with E-state index >= 15 is 0 Å². The van der Waals surface area contributed by atoms with Crippen molar-refractivity contribution in [2.75, 3.05) is 0 Å². The van der Waals surface area contributed by atoms with Crippen LogP contribution >= 0.6 is 11.6 Å². The standard InChI is InChI=1S/C19H15ClN6O/c1-26-17(11-5-7-21-8-6-11)23-24-18(26)14-10-15(14)19-22-16(25-27-19)12-3-2-4-13(20)9-12/h2-9,14-15H,10H2,1H3. The molecule has 2 atom stereocenters. The van der Waals surface area contributed by atoms with Crippen LogP contribution in [0, 0.1) is 0 Å². The van der Waals surface area contributed by atoms with Crippen LogP contribution in [-0.2, 0) is 7.05 Å². The molecule has 0 N–H and O–H groups in total. The van der Waals surface area contributed by atoms with E-state index in [0.29, 0.717) is 16.7 Å². The molecule has 7 nitrogen and oxygen atoms in total. The fourth-order valence-electron chi connectivity index (χ4n) is 3.30. The largest absolute Gasteiger partial charge is 0.339 e. The van der Waals surface area contributed by atoms with Crippen molar-refractivity contribution in [1.82, 2.24) is 29.9 Å². The van der Waals surface area contributed by atoms with Gasteiger partial charge in [-0.05, 0) is 30.7 Å². The third kappa shape index (κ3) is 2.90. The van der Waals surface area contributed by atoms with Gasteiger partial charge in [-0.15, -0.1) is 10.2 Å². The van der Waals surface area contributed by atoms with Crippen LogP contribution in [0.25, 0.3) is 22.8 Å². The second-order valence-corrected chi connectivity index (χ2v) is 7.03. The van der Waals surface area contributed by atoms with Gasteiger partial charge in [0.05, 0.1) is 0 Å². The van der Waals surface area contributed by atoms with Gasteiger partial charge in [-0.25, -0.2) is 0 Å². The molecule has 0 radical (unpaired) electrons. The van der Waals surface area contributed by atoms with Crippen LogP contribution in [0.5, 0.6) is 0 Å². The molecule has 0 saturated heterocycles. The molecule has 3 aromatic heterocycles. The van der Waals surface area contributed by atoms with Crippen LogP contribution in [0.3, 0.4) is 0 Å².